The summed E-state index contributed by atoms with van der Waals surface area (Å²) in [4.78, 5) is 37.3. The Hall–Kier alpha value is -2.37. The van der Waals surface area contributed by atoms with E-state index in [1.54, 1.807) is 6.07 Å². The van der Waals surface area contributed by atoms with Crippen molar-refractivity contribution < 1.29 is 18.0 Å². The second-order valence-corrected chi connectivity index (χ2v) is 9.14. The van der Waals surface area contributed by atoms with Gasteiger partial charge in [0.15, 0.2) is 0 Å². The molecular weight excluding hydrogens is 404 g/mol. The molecule has 1 aliphatic rings. The lowest BCUT2D eigenvalue weighted by atomic mass is 10.1. The number of rotatable bonds is 8. The molecule has 1 fully saturated rings. The number of hydrogen-bond donors (Lipinski definition) is 1. The van der Waals surface area contributed by atoms with Gasteiger partial charge in [-0.15, -0.1) is 11.3 Å². The van der Waals surface area contributed by atoms with E-state index in [1.165, 1.54) is 22.1 Å². The van der Waals surface area contributed by atoms with Crippen molar-refractivity contribution in [1.29, 1.82) is 0 Å². The fourth-order valence-electron chi connectivity index (χ4n) is 2.80. The van der Waals surface area contributed by atoms with Crippen LogP contribution in [0.1, 0.15) is 19.3 Å². The van der Waals surface area contributed by atoms with E-state index in [4.69, 9.17) is 0 Å². The smallest absolute Gasteiger partial charge is 0.266 e. The average Bonchev–Trinajstić information content (AvgIpc) is 3.17. The van der Waals surface area contributed by atoms with Crippen LogP contribution in [0.5, 0.6) is 0 Å². The Morgan fingerprint density at radius 1 is 1.07 bits per heavy atom. The zero-order valence-corrected chi connectivity index (χ0v) is 16.7. The minimum absolute atomic E-state index is 0.0228. The van der Waals surface area contributed by atoms with Crippen molar-refractivity contribution >= 4 is 33.2 Å². The number of carbonyl (C=O) groups is 2. The molecule has 1 saturated heterocycles. The van der Waals surface area contributed by atoms with Gasteiger partial charge in [0.1, 0.15) is 5.69 Å². The average molecular weight is 425 g/mol. The third-order valence-electron chi connectivity index (χ3n) is 4.25. The number of hydrogen-bond acceptors (Lipinski definition) is 7. The number of imide groups is 1. The maximum absolute atomic E-state index is 12.1. The number of likely N-dealkylation sites (tertiary alicyclic amines) is 1. The standard InChI is InChI=1S/C17H20N4O5S2/c22-15-4-1-5-16(23)20(15)10-12-28(25,26)18-8-9-21-17(24)7-6-13(19-21)14-3-2-11-27-14/h2-3,6-7,11,18H,1,4-5,8-10,12H2. The Morgan fingerprint density at radius 3 is 2.50 bits per heavy atom. The lowest BCUT2D eigenvalue weighted by molar-refractivity contribution is -0.147. The van der Waals surface area contributed by atoms with Gasteiger partial charge in [-0.3, -0.25) is 19.3 Å². The fourth-order valence-corrected chi connectivity index (χ4v) is 4.46. The van der Waals surface area contributed by atoms with Crippen LogP contribution in [0.3, 0.4) is 0 Å². The molecule has 11 heteroatoms. The predicted octanol–water partition coefficient (Wildman–Crippen LogP) is 0.430. The molecule has 2 aromatic heterocycles. The Labute approximate surface area is 166 Å². The number of aromatic nitrogens is 2. The molecule has 0 atom stereocenters. The number of carbonyl (C=O) groups excluding carboxylic acids is 2. The number of sulfonamides is 1. The van der Waals surface area contributed by atoms with Gasteiger partial charge in [0.05, 0.1) is 17.2 Å². The first kappa shape index (κ1) is 20.4. The Kier molecular flexibility index (Phi) is 6.37. The van der Waals surface area contributed by atoms with Gasteiger partial charge in [0.2, 0.25) is 21.8 Å². The number of nitrogens with one attached hydrogen (secondary N) is 1. The minimum atomic E-state index is -3.70. The van der Waals surface area contributed by atoms with Crippen molar-refractivity contribution in [3.8, 4) is 10.6 Å². The quantitative estimate of drug-likeness (QED) is 0.614. The Morgan fingerprint density at radius 2 is 1.82 bits per heavy atom. The summed E-state index contributed by atoms with van der Waals surface area (Å²) >= 11 is 1.49. The first-order valence-corrected chi connectivity index (χ1v) is 11.3. The predicted molar refractivity (Wildman–Crippen MR) is 104 cm³/mol. The largest absolute Gasteiger partial charge is 0.282 e. The normalized spacial score (nSPS) is 15.2. The van der Waals surface area contributed by atoms with Crippen LogP contribution < -0.4 is 10.3 Å². The van der Waals surface area contributed by atoms with Gasteiger partial charge < -0.3 is 0 Å². The maximum Gasteiger partial charge on any atom is 0.266 e. The SMILES string of the molecule is O=C1CCCC(=O)N1CCS(=O)(=O)NCCn1nc(-c2cccs2)ccc1=O. The molecular formula is C17H20N4O5S2. The molecule has 0 spiro atoms. The second kappa shape index (κ2) is 8.76. The van der Waals surface area contributed by atoms with Gasteiger partial charge >= 0.3 is 0 Å². The van der Waals surface area contributed by atoms with E-state index in [9.17, 15) is 22.8 Å². The lowest BCUT2D eigenvalue weighted by Crippen LogP contribution is -2.44. The van der Waals surface area contributed by atoms with Crippen LogP contribution >= 0.6 is 11.3 Å². The molecule has 0 radical (unpaired) electrons. The molecule has 0 unspecified atom stereocenters. The number of amides is 2. The second-order valence-electron chi connectivity index (χ2n) is 6.26. The van der Waals surface area contributed by atoms with Gasteiger partial charge in [-0.25, -0.2) is 17.8 Å². The zero-order valence-electron chi connectivity index (χ0n) is 15.0. The fraction of sp³-hybridized carbons (Fsp3) is 0.412. The van der Waals surface area contributed by atoms with E-state index in [-0.39, 0.29) is 55.6 Å². The number of nitrogens with zero attached hydrogens (tertiary/aromatic N) is 3. The van der Waals surface area contributed by atoms with Crippen LogP contribution in [0, 0.1) is 0 Å². The highest BCUT2D eigenvalue weighted by Gasteiger charge is 2.27. The van der Waals surface area contributed by atoms with Crippen LogP contribution in [0.2, 0.25) is 0 Å². The summed E-state index contributed by atoms with van der Waals surface area (Å²) in [5.74, 6) is -1.05. The molecule has 0 saturated carbocycles. The first-order valence-electron chi connectivity index (χ1n) is 8.78. The third-order valence-corrected chi connectivity index (χ3v) is 6.51. The molecule has 3 rings (SSSR count). The topological polar surface area (TPSA) is 118 Å². The molecule has 150 valence electrons. The van der Waals surface area contributed by atoms with Crippen LogP contribution in [0.15, 0.2) is 34.4 Å². The summed E-state index contributed by atoms with van der Waals surface area (Å²) in [6.45, 7) is -0.122. The van der Waals surface area contributed by atoms with Crippen LogP contribution in [0.25, 0.3) is 10.6 Å². The molecule has 2 aromatic rings. The van der Waals surface area contributed by atoms with E-state index < -0.39 is 10.0 Å². The van der Waals surface area contributed by atoms with Crippen LogP contribution in [-0.4, -0.2) is 53.8 Å². The summed E-state index contributed by atoms with van der Waals surface area (Å²) in [6.07, 6.45) is 1.02. The van der Waals surface area contributed by atoms with Crippen molar-refractivity contribution in [3.63, 3.8) is 0 Å². The van der Waals surface area contributed by atoms with Gasteiger partial charge in [-0.1, -0.05) is 6.07 Å². The summed E-state index contributed by atoms with van der Waals surface area (Å²) in [6, 6.07) is 6.78. The van der Waals surface area contributed by atoms with Crippen molar-refractivity contribution in [2.24, 2.45) is 0 Å². The molecule has 2 amide bonds. The summed E-state index contributed by atoms with van der Waals surface area (Å²) in [7, 11) is -3.70. The summed E-state index contributed by atoms with van der Waals surface area (Å²) in [5.41, 5.74) is 0.309. The van der Waals surface area contributed by atoms with E-state index >= 15 is 0 Å². The third kappa shape index (κ3) is 5.12. The molecule has 0 aromatic carbocycles. The summed E-state index contributed by atoms with van der Waals surface area (Å²) in [5, 5.41) is 6.16. The van der Waals surface area contributed by atoms with E-state index in [0.717, 1.165) is 9.78 Å². The number of piperidine rings is 1. The maximum atomic E-state index is 12.1. The van der Waals surface area contributed by atoms with E-state index in [0.29, 0.717) is 12.1 Å². The highest BCUT2D eigenvalue weighted by atomic mass is 32.2. The van der Waals surface area contributed by atoms with Gasteiger partial charge in [-0.05, 0) is 23.9 Å². The van der Waals surface area contributed by atoms with Gasteiger partial charge in [0.25, 0.3) is 5.56 Å². The van der Waals surface area contributed by atoms with Crippen molar-refractivity contribution in [2.75, 3.05) is 18.8 Å². The van der Waals surface area contributed by atoms with Gasteiger partial charge in [0, 0.05) is 32.0 Å². The molecule has 0 bridgehead atoms. The highest BCUT2D eigenvalue weighted by Crippen LogP contribution is 2.21. The molecule has 3 heterocycles. The molecule has 1 N–H and O–H groups in total. The zero-order chi connectivity index (χ0) is 20.1. The molecule has 28 heavy (non-hydrogen) atoms. The monoisotopic (exact) mass is 424 g/mol. The summed E-state index contributed by atoms with van der Waals surface area (Å²) < 4.78 is 27.9. The Bertz CT molecular complexity index is 998. The van der Waals surface area contributed by atoms with Crippen LogP contribution in [-0.2, 0) is 26.2 Å². The number of thiophene rings is 1. The molecule has 1 aliphatic heterocycles. The Balaban J connectivity index is 1.55. The molecule has 0 aliphatic carbocycles. The van der Waals surface area contributed by atoms with Crippen molar-refractivity contribution in [3.05, 3.63) is 40.0 Å². The van der Waals surface area contributed by atoms with E-state index in [1.807, 2.05) is 17.5 Å². The van der Waals surface area contributed by atoms with Crippen LogP contribution in [0.4, 0.5) is 0 Å². The minimum Gasteiger partial charge on any atom is -0.282 e. The lowest BCUT2D eigenvalue weighted by Gasteiger charge is -2.24. The van der Waals surface area contributed by atoms with Crippen molar-refractivity contribution in [1.82, 2.24) is 19.4 Å². The van der Waals surface area contributed by atoms with Gasteiger partial charge in [-0.2, -0.15) is 5.10 Å². The highest BCUT2D eigenvalue weighted by molar-refractivity contribution is 7.89. The first-order chi connectivity index (χ1) is 13.4. The van der Waals surface area contributed by atoms with E-state index in [2.05, 4.69) is 9.82 Å². The van der Waals surface area contributed by atoms with Crippen molar-refractivity contribution in [2.45, 2.75) is 25.8 Å². The molecule has 9 nitrogen and oxygen atoms in total.